The van der Waals surface area contributed by atoms with Crippen molar-refractivity contribution >= 4 is 21.6 Å². The van der Waals surface area contributed by atoms with Gasteiger partial charge in [0.2, 0.25) is 10.0 Å². The van der Waals surface area contributed by atoms with E-state index < -0.39 is 32.8 Å². The van der Waals surface area contributed by atoms with E-state index in [2.05, 4.69) is 0 Å². The van der Waals surface area contributed by atoms with E-state index in [1.165, 1.54) is 0 Å². The summed E-state index contributed by atoms with van der Waals surface area (Å²) < 4.78 is 69.6. The topological polar surface area (TPSA) is 72.6 Å². The molecule has 1 atom stereocenters. The SMILES string of the molecule is NCC1CN(S(=O)(=O)c2cc(C(F)(F)F)ccc2Cl)CCO1. The molecule has 1 aromatic carbocycles. The molecule has 0 spiro atoms. The lowest BCUT2D eigenvalue weighted by Gasteiger charge is -2.31. The predicted molar refractivity (Wildman–Crippen MR) is 74.0 cm³/mol. The van der Waals surface area contributed by atoms with Gasteiger partial charge in [-0.15, -0.1) is 0 Å². The summed E-state index contributed by atoms with van der Waals surface area (Å²) in [6.07, 6.45) is -5.15. The van der Waals surface area contributed by atoms with Gasteiger partial charge in [-0.3, -0.25) is 0 Å². The van der Waals surface area contributed by atoms with Crippen LogP contribution in [0.2, 0.25) is 5.02 Å². The molecule has 22 heavy (non-hydrogen) atoms. The van der Waals surface area contributed by atoms with Crippen LogP contribution in [-0.2, 0) is 20.9 Å². The van der Waals surface area contributed by atoms with Crippen LogP contribution < -0.4 is 5.73 Å². The quantitative estimate of drug-likeness (QED) is 0.892. The number of halogens is 4. The summed E-state index contributed by atoms with van der Waals surface area (Å²) in [5, 5.41) is -0.260. The molecule has 1 saturated heterocycles. The second kappa shape index (κ2) is 6.32. The second-order valence-electron chi connectivity index (χ2n) is 4.73. The third-order valence-corrected chi connectivity index (χ3v) is 5.59. The number of morpholine rings is 1. The summed E-state index contributed by atoms with van der Waals surface area (Å²) in [6, 6.07) is 2.21. The van der Waals surface area contributed by atoms with Crippen LogP contribution in [0.4, 0.5) is 13.2 Å². The summed E-state index contributed by atoms with van der Waals surface area (Å²) in [7, 11) is -4.15. The van der Waals surface area contributed by atoms with Crippen LogP contribution >= 0.6 is 11.6 Å². The predicted octanol–water partition coefficient (Wildman–Crippen LogP) is 1.71. The maximum atomic E-state index is 12.8. The zero-order chi connectivity index (χ0) is 16.5. The van der Waals surface area contributed by atoms with Gasteiger partial charge < -0.3 is 10.5 Å². The van der Waals surface area contributed by atoms with Crippen LogP contribution in [0, 0.1) is 0 Å². The fourth-order valence-corrected chi connectivity index (χ4v) is 4.03. The first-order chi connectivity index (χ1) is 10.2. The van der Waals surface area contributed by atoms with Crippen LogP contribution in [0.5, 0.6) is 0 Å². The van der Waals surface area contributed by atoms with Crippen molar-refractivity contribution < 1.29 is 26.3 Å². The molecule has 2 N–H and O–H groups in total. The Bertz CT molecular complexity index is 652. The van der Waals surface area contributed by atoms with E-state index in [0.717, 1.165) is 16.4 Å². The van der Waals surface area contributed by atoms with E-state index in [1.807, 2.05) is 0 Å². The molecule has 0 bridgehead atoms. The number of nitrogens with two attached hydrogens (primary N) is 1. The van der Waals surface area contributed by atoms with Crippen molar-refractivity contribution in [3.8, 4) is 0 Å². The molecular weight excluding hydrogens is 345 g/mol. The summed E-state index contributed by atoms with van der Waals surface area (Å²) in [5.41, 5.74) is 4.37. The first kappa shape index (κ1) is 17.5. The number of ether oxygens (including phenoxy) is 1. The minimum atomic E-state index is -4.65. The number of nitrogens with zero attached hydrogens (tertiary/aromatic N) is 1. The van der Waals surface area contributed by atoms with Gasteiger partial charge >= 0.3 is 6.18 Å². The van der Waals surface area contributed by atoms with Crippen LogP contribution in [-0.4, -0.2) is 45.1 Å². The summed E-state index contributed by atoms with van der Waals surface area (Å²) in [4.78, 5) is -0.568. The first-order valence-electron chi connectivity index (χ1n) is 6.35. The van der Waals surface area contributed by atoms with Crippen molar-refractivity contribution in [2.45, 2.75) is 17.2 Å². The minimum absolute atomic E-state index is 0.0224. The highest BCUT2D eigenvalue weighted by Gasteiger charge is 2.36. The van der Waals surface area contributed by atoms with Gasteiger partial charge in [0.15, 0.2) is 0 Å². The average molecular weight is 359 g/mol. The van der Waals surface area contributed by atoms with E-state index in [1.54, 1.807) is 0 Å². The standard InChI is InChI=1S/C12H14ClF3N2O3S/c13-10-2-1-8(12(14,15)16)5-11(10)22(19,20)18-3-4-21-9(6-17)7-18/h1-2,5,9H,3-4,6-7,17H2. The third-order valence-electron chi connectivity index (χ3n) is 3.24. The maximum Gasteiger partial charge on any atom is 0.416 e. The van der Waals surface area contributed by atoms with Gasteiger partial charge in [0.25, 0.3) is 0 Å². The molecule has 1 unspecified atom stereocenters. The van der Waals surface area contributed by atoms with Gasteiger partial charge in [-0.05, 0) is 18.2 Å². The van der Waals surface area contributed by atoms with Crippen LogP contribution in [0.15, 0.2) is 23.1 Å². The Kier molecular flexibility index (Phi) is 5.03. The third kappa shape index (κ3) is 3.54. The molecule has 1 fully saturated rings. The van der Waals surface area contributed by atoms with E-state index in [-0.39, 0.29) is 31.3 Å². The summed E-state index contributed by atoms with van der Waals surface area (Å²) >= 11 is 5.79. The molecule has 10 heteroatoms. The Balaban J connectivity index is 2.41. The van der Waals surface area contributed by atoms with Gasteiger partial charge in [0.05, 0.1) is 23.3 Å². The van der Waals surface area contributed by atoms with Crippen LogP contribution in [0.1, 0.15) is 5.56 Å². The van der Waals surface area contributed by atoms with Gasteiger partial charge in [-0.1, -0.05) is 11.6 Å². The molecule has 1 aliphatic rings. The largest absolute Gasteiger partial charge is 0.416 e. The second-order valence-corrected chi connectivity index (χ2v) is 7.05. The molecule has 0 saturated carbocycles. The molecule has 0 radical (unpaired) electrons. The Hall–Kier alpha value is -0.870. The highest BCUT2D eigenvalue weighted by molar-refractivity contribution is 7.89. The number of rotatable bonds is 3. The van der Waals surface area contributed by atoms with Crippen molar-refractivity contribution in [3.63, 3.8) is 0 Å². The molecule has 1 heterocycles. The molecule has 124 valence electrons. The molecule has 1 aliphatic heterocycles. The zero-order valence-electron chi connectivity index (χ0n) is 11.3. The van der Waals surface area contributed by atoms with E-state index in [9.17, 15) is 21.6 Å². The average Bonchev–Trinajstić information content (AvgIpc) is 2.46. The van der Waals surface area contributed by atoms with Crippen molar-refractivity contribution in [1.82, 2.24) is 4.31 Å². The first-order valence-corrected chi connectivity index (χ1v) is 8.16. The van der Waals surface area contributed by atoms with Gasteiger partial charge in [-0.25, -0.2) is 8.42 Å². The lowest BCUT2D eigenvalue weighted by Crippen LogP contribution is -2.48. The van der Waals surface area contributed by atoms with E-state index in [4.69, 9.17) is 22.1 Å². The monoisotopic (exact) mass is 358 g/mol. The number of hydrogen-bond acceptors (Lipinski definition) is 4. The number of hydrogen-bond donors (Lipinski definition) is 1. The fraction of sp³-hybridized carbons (Fsp3) is 0.500. The van der Waals surface area contributed by atoms with Gasteiger partial charge in [0.1, 0.15) is 4.90 Å². The summed E-state index contributed by atoms with van der Waals surface area (Å²) in [6.45, 7) is 0.247. The normalized spacial score (nSPS) is 21.0. The Morgan fingerprint density at radius 1 is 1.41 bits per heavy atom. The van der Waals surface area contributed by atoms with Crippen LogP contribution in [0.3, 0.4) is 0 Å². The lowest BCUT2D eigenvalue weighted by molar-refractivity contribution is -0.137. The molecule has 0 aromatic heterocycles. The molecule has 2 rings (SSSR count). The lowest BCUT2D eigenvalue weighted by atomic mass is 10.2. The van der Waals surface area contributed by atoms with Crippen molar-refractivity contribution in [2.24, 2.45) is 5.73 Å². The fourth-order valence-electron chi connectivity index (χ4n) is 2.07. The molecule has 5 nitrogen and oxygen atoms in total. The van der Waals surface area contributed by atoms with E-state index >= 15 is 0 Å². The molecule has 1 aromatic rings. The Labute approximate surface area is 130 Å². The smallest absolute Gasteiger partial charge is 0.374 e. The van der Waals surface area contributed by atoms with Crippen molar-refractivity contribution in [1.29, 1.82) is 0 Å². The molecule has 0 amide bonds. The summed E-state index contributed by atoms with van der Waals surface area (Å²) in [5.74, 6) is 0. The minimum Gasteiger partial charge on any atom is -0.374 e. The van der Waals surface area contributed by atoms with Gasteiger partial charge in [-0.2, -0.15) is 17.5 Å². The highest BCUT2D eigenvalue weighted by Crippen LogP contribution is 2.34. The maximum absolute atomic E-state index is 12.8. The Morgan fingerprint density at radius 2 is 2.09 bits per heavy atom. The number of alkyl halides is 3. The molecule has 0 aliphatic carbocycles. The van der Waals surface area contributed by atoms with Crippen molar-refractivity contribution in [3.05, 3.63) is 28.8 Å². The van der Waals surface area contributed by atoms with E-state index in [0.29, 0.717) is 6.07 Å². The number of sulfonamides is 1. The zero-order valence-corrected chi connectivity index (χ0v) is 12.9. The number of benzene rings is 1. The van der Waals surface area contributed by atoms with Crippen LogP contribution in [0.25, 0.3) is 0 Å². The Morgan fingerprint density at radius 3 is 2.68 bits per heavy atom. The van der Waals surface area contributed by atoms with Gasteiger partial charge in [0, 0.05) is 19.6 Å². The van der Waals surface area contributed by atoms with Crippen molar-refractivity contribution in [2.75, 3.05) is 26.2 Å². The molecular formula is C12H14ClF3N2O3S. The highest BCUT2D eigenvalue weighted by atomic mass is 35.5.